The van der Waals surface area contributed by atoms with E-state index in [-0.39, 0.29) is 0 Å². The third-order valence-electron chi connectivity index (χ3n) is 3.17. The lowest BCUT2D eigenvalue weighted by molar-refractivity contribution is 0.548. The fourth-order valence-corrected chi connectivity index (χ4v) is 3.09. The Kier molecular flexibility index (Phi) is 4.55. The minimum absolute atomic E-state index is 0.399. The zero-order valence-corrected chi connectivity index (χ0v) is 12.1. The topological polar surface area (TPSA) is 29.9 Å². The van der Waals surface area contributed by atoms with E-state index in [1.807, 2.05) is 10.9 Å². The van der Waals surface area contributed by atoms with E-state index in [0.717, 1.165) is 19.5 Å². The number of aryl methyl sites for hydroxylation is 2. The molecule has 0 radical (unpaired) electrons. The molecule has 2 rings (SSSR count). The zero-order valence-electron chi connectivity index (χ0n) is 11.3. The van der Waals surface area contributed by atoms with E-state index in [2.05, 4.69) is 48.1 Å². The molecule has 2 aromatic heterocycles. The summed E-state index contributed by atoms with van der Waals surface area (Å²) in [5.41, 5.74) is 4.10. The van der Waals surface area contributed by atoms with Crippen molar-refractivity contribution in [1.82, 2.24) is 15.1 Å². The standard InChI is InChI=1S/C14H21N3S/c1-4-15-14(13-10-18-9-11(13)3)6-12-7-16-17(5-2)8-12/h7-10,14-15H,4-6H2,1-3H3. The minimum atomic E-state index is 0.399. The van der Waals surface area contributed by atoms with Crippen molar-refractivity contribution in [2.45, 2.75) is 39.8 Å². The molecule has 0 aromatic carbocycles. The van der Waals surface area contributed by atoms with E-state index in [0.29, 0.717) is 6.04 Å². The molecule has 0 spiro atoms. The van der Waals surface area contributed by atoms with E-state index < -0.39 is 0 Å². The van der Waals surface area contributed by atoms with Gasteiger partial charge < -0.3 is 5.32 Å². The molecule has 4 heteroatoms. The Morgan fingerprint density at radius 1 is 1.39 bits per heavy atom. The fraction of sp³-hybridized carbons (Fsp3) is 0.500. The fourth-order valence-electron chi connectivity index (χ4n) is 2.19. The van der Waals surface area contributed by atoms with Crippen molar-refractivity contribution in [1.29, 1.82) is 0 Å². The van der Waals surface area contributed by atoms with Crippen LogP contribution < -0.4 is 5.32 Å². The maximum atomic E-state index is 4.34. The monoisotopic (exact) mass is 263 g/mol. The maximum absolute atomic E-state index is 4.34. The SMILES string of the molecule is CCNC(Cc1cnn(CC)c1)c1cscc1C. The summed E-state index contributed by atoms with van der Waals surface area (Å²) in [6.07, 6.45) is 5.13. The van der Waals surface area contributed by atoms with Crippen molar-refractivity contribution >= 4 is 11.3 Å². The second-order valence-corrected chi connectivity index (χ2v) is 5.27. The smallest absolute Gasteiger partial charge is 0.0522 e. The van der Waals surface area contributed by atoms with Crippen molar-refractivity contribution in [2.75, 3.05) is 6.54 Å². The first-order valence-electron chi connectivity index (χ1n) is 6.52. The lowest BCUT2D eigenvalue weighted by Crippen LogP contribution is -2.23. The molecule has 1 unspecified atom stereocenters. The summed E-state index contributed by atoms with van der Waals surface area (Å²) < 4.78 is 1.98. The number of nitrogens with one attached hydrogen (secondary N) is 1. The van der Waals surface area contributed by atoms with Crippen LogP contribution in [0.1, 0.15) is 36.6 Å². The molecule has 1 atom stereocenters. The highest BCUT2D eigenvalue weighted by Crippen LogP contribution is 2.24. The second-order valence-electron chi connectivity index (χ2n) is 4.53. The highest BCUT2D eigenvalue weighted by Gasteiger charge is 2.15. The molecular weight excluding hydrogens is 242 g/mol. The number of aromatic nitrogens is 2. The molecule has 0 saturated carbocycles. The normalized spacial score (nSPS) is 12.8. The van der Waals surface area contributed by atoms with Crippen molar-refractivity contribution in [3.05, 3.63) is 39.8 Å². The summed E-state index contributed by atoms with van der Waals surface area (Å²) in [4.78, 5) is 0. The van der Waals surface area contributed by atoms with Crippen LogP contribution in [0.25, 0.3) is 0 Å². The first-order valence-corrected chi connectivity index (χ1v) is 7.46. The molecule has 0 amide bonds. The van der Waals surface area contributed by atoms with Gasteiger partial charge in [-0.1, -0.05) is 6.92 Å². The van der Waals surface area contributed by atoms with Gasteiger partial charge in [-0.05, 0) is 54.3 Å². The lowest BCUT2D eigenvalue weighted by Gasteiger charge is -2.17. The van der Waals surface area contributed by atoms with Crippen LogP contribution in [0, 0.1) is 6.92 Å². The van der Waals surface area contributed by atoms with Gasteiger partial charge in [-0.25, -0.2) is 0 Å². The van der Waals surface area contributed by atoms with Crippen LogP contribution in [0.4, 0.5) is 0 Å². The van der Waals surface area contributed by atoms with Gasteiger partial charge in [0.2, 0.25) is 0 Å². The van der Waals surface area contributed by atoms with Crippen LogP contribution in [0.15, 0.2) is 23.2 Å². The highest BCUT2D eigenvalue weighted by atomic mass is 32.1. The van der Waals surface area contributed by atoms with Gasteiger partial charge in [-0.3, -0.25) is 4.68 Å². The Morgan fingerprint density at radius 2 is 2.22 bits per heavy atom. The van der Waals surface area contributed by atoms with E-state index >= 15 is 0 Å². The second kappa shape index (κ2) is 6.16. The molecule has 98 valence electrons. The third-order valence-corrected chi connectivity index (χ3v) is 4.05. The van der Waals surface area contributed by atoms with Crippen LogP contribution in [0.5, 0.6) is 0 Å². The van der Waals surface area contributed by atoms with Gasteiger partial charge in [-0.2, -0.15) is 16.4 Å². The summed E-state index contributed by atoms with van der Waals surface area (Å²) in [6, 6.07) is 0.399. The molecule has 1 N–H and O–H groups in total. The number of hydrogen-bond donors (Lipinski definition) is 1. The Morgan fingerprint density at radius 3 is 2.78 bits per heavy atom. The average Bonchev–Trinajstić information content (AvgIpc) is 2.97. The Labute approximate surface area is 113 Å². The Hall–Kier alpha value is -1.13. The number of rotatable bonds is 6. The summed E-state index contributed by atoms with van der Waals surface area (Å²) in [7, 11) is 0. The van der Waals surface area contributed by atoms with Crippen molar-refractivity contribution in [2.24, 2.45) is 0 Å². The summed E-state index contributed by atoms with van der Waals surface area (Å²) in [5.74, 6) is 0. The van der Waals surface area contributed by atoms with E-state index in [9.17, 15) is 0 Å². The predicted molar refractivity (Wildman–Crippen MR) is 77.1 cm³/mol. The Balaban J connectivity index is 2.13. The lowest BCUT2D eigenvalue weighted by atomic mass is 10.0. The van der Waals surface area contributed by atoms with E-state index in [4.69, 9.17) is 0 Å². The van der Waals surface area contributed by atoms with Gasteiger partial charge in [0.05, 0.1) is 6.20 Å². The van der Waals surface area contributed by atoms with Crippen LogP contribution in [0.3, 0.4) is 0 Å². The largest absolute Gasteiger partial charge is 0.310 e. The van der Waals surface area contributed by atoms with Crippen LogP contribution >= 0.6 is 11.3 Å². The van der Waals surface area contributed by atoms with E-state index in [1.165, 1.54) is 16.7 Å². The summed E-state index contributed by atoms with van der Waals surface area (Å²) in [5, 5.41) is 12.4. The highest BCUT2D eigenvalue weighted by molar-refractivity contribution is 7.08. The van der Waals surface area contributed by atoms with Gasteiger partial charge in [0.1, 0.15) is 0 Å². The maximum Gasteiger partial charge on any atom is 0.0522 e. The molecule has 0 aliphatic carbocycles. The van der Waals surface area contributed by atoms with E-state index in [1.54, 1.807) is 11.3 Å². The van der Waals surface area contributed by atoms with Gasteiger partial charge >= 0.3 is 0 Å². The molecule has 2 heterocycles. The molecule has 2 aromatic rings. The number of thiophene rings is 1. The van der Waals surface area contributed by atoms with Crippen molar-refractivity contribution < 1.29 is 0 Å². The average molecular weight is 263 g/mol. The predicted octanol–water partition coefficient (Wildman–Crippen LogP) is 3.17. The number of likely N-dealkylation sites (N-methyl/N-ethyl adjacent to an activating group) is 1. The molecule has 0 aliphatic heterocycles. The van der Waals surface area contributed by atoms with Gasteiger partial charge in [0.25, 0.3) is 0 Å². The molecule has 3 nitrogen and oxygen atoms in total. The molecule has 0 bridgehead atoms. The van der Waals surface area contributed by atoms with Crippen LogP contribution in [-0.4, -0.2) is 16.3 Å². The zero-order chi connectivity index (χ0) is 13.0. The summed E-state index contributed by atoms with van der Waals surface area (Å²) in [6.45, 7) is 8.38. The number of hydrogen-bond acceptors (Lipinski definition) is 3. The first kappa shape index (κ1) is 13.3. The number of nitrogens with zero attached hydrogens (tertiary/aromatic N) is 2. The summed E-state index contributed by atoms with van der Waals surface area (Å²) >= 11 is 1.78. The van der Waals surface area contributed by atoms with Gasteiger partial charge in [0, 0.05) is 18.8 Å². The molecule has 0 fully saturated rings. The third kappa shape index (κ3) is 3.00. The first-order chi connectivity index (χ1) is 8.74. The molecule has 18 heavy (non-hydrogen) atoms. The quantitative estimate of drug-likeness (QED) is 0.867. The molecule has 0 aliphatic rings. The van der Waals surface area contributed by atoms with Gasteiger partial charge in [0.15, 0.2) is 0 Å². The molecule has 0 saturated heterocycles. The van der Waals surface area contributed by atoms with Crippen molar-refractivity contribution in [3.8, 4) is 0 Å². The van der Waals surface area contributed by atoms with Crippen molar-refractivity contribution in [3.63, 3.8) is 0 Å². The van der Waals surface area contributed by atoms with Crippen LogP contribution in [0.2, 0.25) is 0 Å². The van der Waals surface area contributed by atoms with Gasteiger partial charge in [-0.15, -0.1) is 0 Å². The minimum Gasteiger partial charge on any atom is -0.310 e. The van der Waals surface area contributed by atoms with Crippen LogP contribution in [-0.2, 0) is 13.0 Å². The molecular formula is C14H21N3S. The Bertz CT molecular complexity index is 487.